The van der Waals surface area contributed by atoms with Crippen LogP contribution in [0.15, 0.2) is 18.2 Å². The van der Waals surface area contributed by atoms with Crippen LogP contribution >= 0.6 is 12.4 Å². The van der Waals surface area contributed by atoms with Crippen LogP contribution in [0.25, 0.3) is 0 Å². The van der Waals surface area contributed by atoms with Gasteiger partial charge in [0.1, 0.15) is 17.3 Å². The van der Waals surface area contributed by atoms with Crippen LogP contribution in [-0.4, -0.2) is 35.8 Å². The molecule has 1 rings (SSSR count). The lowest BCUT2D eigenvalue weighted by Crippen LogP contribution is -2.40. The first-order valence-electron chi connectivity index (χ1n) is 6.62. The number of hydrogen-bond acceptors (Lipinski definition) is 3. The van der Waals surface area contributed by atoms with E-state index in [1.807, 2.05) is 0 Å². The third kappa shape index (κ3) is 5.95. The van der Waals surface area contributed by atoms with Crippen LogP contribution in [-0.2, 0) is 9.59 Å². The van der Waals surface area contributed by atoms with Gasteiger partial charge in [0.15, 0.2) is 0 Å². The van der Waals surface area contributed by atoms with Crippen molar-refractivity contribution in [2.24, 2.45) is 5.73 Å². The lowest BCUT2D eigenvalue weighted by Gasteiger charge is -2.21. The van der Waals surface area contributed by atoms with Crippen LogP contribution < -0.4 is 11.1 Å². The summed E-state index contributed by atoms with van der Waals surface area (Å²) < 4.78 is 26.8. The third-order valence-electron chi connectivity index (χ3n) is 2.79. The maximum Gasteiger partial charge on any atom is 0.244 e. The lowest BCUT2D eigenvalue weighted by atomic mass is 10.2. The number of nitrogens with one attached hydrogen (secondary N) is 1. The molecule has 1 aromatic rings. The molecule has 0 fully saturated rings. The van der Waals surface area contributed by atoms with Crippen molar-refractivity contribution in [3.63, 3.8) is 0 Å². The van der Waals surface area contributed by atoms with Gasteiger partial charge in [0.2, 0.25) is 11.8 Å². The maximum absolute atomic E-state index is 13.4. The van der Waals surface area contributed by atoms with Crippen molar-refractivity contribution in [2.75, 3.05) is 18.4 Å². The van der Waals surface area contributed by atoms with Crippen molar-refractivity contribution >= 4 is 29.9 Å². The van der Waals surface area contributed by atoms with E-state index in [1.54, 1.807) is 13.8 Å². The highest BCUT2D eigenvalue weighted by Crippen LogP contribution is 2.17. The summed E-state index contributed by atoms with van der Waals surface area (Å²) in [5, 5.41) is 2.14. The van der Waals surface area contributed by atoms with Gasteiger partial charge in [-0.05, 0) is 26.0 Å². The van der Waals surface area contributed by atoms with Crippen molar-refractivity contribution in [1.82, 2.24) is 4.90 Å². The van der Waals surface area contributed by atoms with Gasteiger partial charge in [-0.2, -0.15) is 0 Å². The molecule has 0 heterocycles. The summed E-state index contributed by atoms with van der Waals surface area (Å²) in [6.07, 6.45) is 0.106. The maximum atomic E-state index is 13.4. The monoisotopic (exact) mass is 335 g/mol. The van der Waals surface area contributed by atoms with Gasteiger partial charge in [-0.15, -0.1) is 12.4 Å². The van der Waals surface area contributed by atoms with Gasteiger partial charge in [0.05, 0.1) is 6.54 Å². The van der Waals surface area contributed by atoms with Gasteiger partial charge in [-0.3, -0.25) is 9.59 Å². The highest BCUT2D eigenvalue weighted by atomic mass is 35.5. The van der Waals surface area contributed by atoms with E-state index in [9.17, 15) is 18.4 Å². The second-order valence-electron chi connectivity index (χ2n) is 4.73. The Bertz CT molecular complexity index is 507. The van der Waals surface area contributed by atoms with Crippen LogP contribution in [0.3, 0.4) is 0 Å². The van der Waals surface area contributed by atoms with E-state index in [4.69, 9.17) is 5.73 Å². The second kappa shape index (κ2) is 9.32. The summed E-state index contributed by atoms with van der Waals surface area (Å²) in [5.74, 6) is -2.68. The van der Waals surface area contributed by atoms with Gasteiger partial charge < -0.3 is 16.0 Å². The molecule has 3 N–H and O–H groups in total. The molecule has 0 aliphatic rings. The van der Waals surface area contributed by atoms with Gasteiger partial charge in [0, 0.05) is 19.0 Å². The fourth-order valence-corrected chi connectivity index (χ4v) is 1.75. The number of nitrogens with two attached hydrogens (primary N) is 1. The molecule has 0 saturated heterocycles. The van der Waals surface area contributed by atoms with E-state index in [-0.39, 0.29) is 37.3 Å². The first-order chi connectivity index (χ1) is 9.85. The molecule has 1 unspecified atom stereocenters. The van der Waals surface area contributed by atoms with E-state index in [1.165, 1.54) is 11.0 Å². The smallest absolute Gasteiger partial charge is 0.244 e. The number of halogens is 3. The Labute approximate surface area is 134 Å². The molecule has 0 bridgehead atoms. The molecule has 0 saturated carbocycles. The largest absolute Gasteiger partial charge is 0.334 e. The summed E-state index contributed by atoms with van der Waals surface area (Å²) in [6.45, 7) is 3.41. The molecule has 0 aromatic heterocycles. The molecule has 0 radical (unpaired) electrons. The SMILES string of the molecule is CCN(CC(=O)Nc1c(F)cccc1F)C(=O)CC(C)N.Cl. The van der Waals surface area contributed by atoms with E-state index < -0.39 is 23.2 Å². The van der Waals surface area contributed by atoms with Gasteiger partial charge >= 0.3 is 0 Å². The number of hydrogen-bond donors (Lipinski definition) is 2. The first kappa shape index (κ1) is 20.3. The van der Waals surface area contributed by atoms with Crippen LogP contribution in [0.1, 0.15) is 20.3 Å². The Morgan fingerprint density at radius 1 is 1.32 bits per heavy atom. The van der Waals surface area contributed by atoms with Gasteiger partial charge in [-0.1, -0.05) is 6.07 Å². The number of para-hydroxylation sites is 1. The molecule has 1 aromatic carbocycles. The van der Waals surface area contributed by atoms with Crippen LogP contribution in [0.4, 0.5) is 14.5 Å². The summed E-state index contributed by atoms with van der Waals surface area (Å²) in [6, 6.07) is 2.96. The summed E-state index contributed by atoms with van der Waals surface area (Å²) in [5.41, 5.74) is 5.02. The minimum absolute atomic E-state index is 0. The molecular weight excluding hydrogens is 316 g/mol. The van der Waals surface area contributed by atoms with Crippen molar-refractivity contribution in [1.29, 1.82) is 0 Å². The zero-order chi connectivity index (χ0) is 16.0. The zero-order valence-electron chi connectivity index (χ0n) is 12.4. The molecule has 0 spiro atoms. The fraction of sp³-hybridized carbons (Fsp3) is 0.429. The van der Waals surface area contributed by atoms with Crippen LogP contribution in [0.5, 0.6) is 0 Å². The van der Waals surface area contributed by atoms with Crippen molar-refractivity contribution in [2.45, 2.75) is 26.3 Å². The first-order valence-corrected chi connectivity index (χ1v) is 6.62. The highest BCUT2D eigenvalue weighted by Gasteiger charge is 2.18. The number of rotatable bonds is 6. The predicted octanol–water partition coefficient (Wildman–Crippen LogP) is 1.91. The molecule has 2 amide bonds. The standard InChI is InChI=1S/C14H19F2N3O2.ClH/c1-3-19(13(21)7-9(2)17)8-12(20)18-14-10(15)5-4-6-11(14)16;/h4-6,9H,3,7-8,17H2,1-2H3,(H,18,20);1H. The molecule has 0 aliphatic heterocycles. The molecule has 1 atom stereocenters. The topological polar surface area (TPSA) is 75.4 Å². The van der Waals surface area contributed by atoms with Crippen molar-refractivity contribution in [3.8, 4) is 0 Å². The highest BCUT2D eigenvalue weighted by molar-refractivity contribution is 5.94. The number of anilines is 1. The van der Waals surface area contributed by atoms with E-state index in [0.717, 1.165) is 12.1 Å². The number of carbonyl (C=O) groups is 2. The lowest BCUT2D eigenvalue weighted by molar-refractivity contribution is -0.134. The van der Waals surface area contributed by atoms with Crippen molar-refractivity contribution < 1.29 is 18.4 Å². The third-order valence-corrected chi connectivity index (χ3v) is 2.79. The molecule has 0 aliphatic carbocycles. The Morgan fingerprint density at radius 3 is 2.32 bits per heavy atom. The van der Waals surface area contributed by atoms with E-state index >= 15 is 0 Å². The minimum Gasteiger partial charge on any atom is -0.334 e. The zero-order valence-corrected chi connectivity index (χ0v) is 13.3. The Kier molecular flexibility index (Phi) is 8.59. The number of carbonyl (C=O) groups excluding carboxylic acids is 2. The predicted molar refractivity (Wildman–Crippen MR) is 82.8 cm³/mol. The molecule has 124 valence electrons. The normalized spacial score (nSPS) is 11.3. The Morgan fingerprint density at radius 2 is 1.86 bits per heavy atom. The van der Waals surface area contributed by atoms with Crippen LogP contribution in [0.2, 0.25) is 0 Å². The van der Waals surface area contributed by atoms with E-state index in [0.29, 0.717) is 6.54 Å². The average Bonchev–Trinajstić information content (AvgIpc) is 2.39. The summed E-state index contributed by atoms with van der Waals surface area (Å²) >= 11 is 0. The quantitative estimate of drug-likeness (QED) is 0.834. The van der Waals surface area contributed by atoms with Crippen molar-refractivity contribution in [3.05, 3.63) is 29.8 Å². The number of likely N-dealkylation sites (N-methyl/N-ethyl adjacent to an activating group) is 1. The average molecular weight is 336 g/mol. The molecular formula is C14H20ClF2N3O2. The van der Waals surface area contributed by atoms with Crippen LogP contribution in [0, 0.1) is 11.6 Å². The Hall–Kier alpha value is -1.73. The second-order valence-corrected chi connectivity index (χ2v) is 4.73. The molecule has 8 heteroatoms. The number of nitrogens with zero attached hydrogens (tertiary/aromatic N) is 1. The van der Waals surface area contributed by atoms with Gasteiger partial charge in [0.25, 0.3) is 0 Å². The summed E-state index contributed by atoms with van der Waals surface area (Å²) in [4.78, 5) is 24.9. The number of amides is 2. The fourth-order valence-electron chi connectivity index (χ4n) is 1.75. The molecule has 22 heavy (non-hydrogen) atoms. The van der Waals surface area contributed by atoms with E-state index in [2.05, 4.69) is 5.32 Å². The molecule has 5 nitrogen and oxygen atoms in total. The summed E-state index contributed by atoms with van der Waals surface area (Å²) in [7, 11) is 0. The van der Waals surface area contributed by atoms with Gasteiger partial charge in [-0.25, -0.2) is 8.78 Å². The Balaban J connectivity index is 0.00000441. The number of benzene rings is 1. The minimum atomic E-state index is -0.867.